The first-order valence-electron chi connectivity index (χ1n) is 4.40. The minimum Gasteiger partial charge on any atom is -0.480 e. The van der Waals surface area contributed by atoms with E-state index in [1.54, 1.807) is 0 Å². The molecule has 0 saturated carbocycles. The van der Waals surface area contributed by atoms with Crippen LogP contribution >= 0.6 is 42.2 Å². The molecule has 1 aliphatic rings. The summed E-state index contributed by atoms with van der Waals surface area (Å²) >= 11 is 8.19. The smallest absolute Gasteiger partial charge is 0.322 e. The third-order valence-electron chi connectivity index (χ3n) is 2.45. The maximum atomic E-state index is 11.2. The first-order chi connectivity index (χ1) is 6.97. The van der Waals surface area contributed by atoms with Crippen LogP contribution in [0.1, 0.15) is 6.42 Å². The quantitative estimate of drug-likeness (QED) is 0.341. The number of methoxy groups -OCH3 is 1. The number of carboxylic acids is 1. The van der Waals surface area contributed by atoms with E-state index in [0.717, 1.165) is 0 Å². The molecule has 8 heteroatoms. The Morgan fingerprint density at radius 3 is 2.38 bits per heavy atom. The molecule has 0 aromatic heterocycles. The molecule has 1 saturated heterocycles. The fourth-order valence-electron chi connectivity index (χ4n) is 1.67. The van der Waals surface area contributed by atoms with Gasteiger partial charge < -0.3 is 9.84 Å². The Kier molecular flexibility index (Phi) is 6.76. The second kappa shape index (κ2) is 6.73. The lowest BCUT2D eigenvalue weighted by atomic mass is 10.0. The summed E-state index contributed by atoms with van der Waals surface area (Å²) in [6.07, 6.45) is 0.376. The summed E-state index contributed by atoms with van der Waals surface area (Å²) < 4.78 is 4.16. The highest BCUT2D eigenvalue weighted by atomic mass is 79.9. The number of carbonyl (C=O) groups is 2. The van der Waals surface area contributed by atoms with Crippen molar-refractivity contribution in [3.63, 3.8) is 0 Å². The van der Waals surface area contributed by atoms with E-state index in [1.807, 2.05) is 0 Å². The number of nitrogens with one attached hydrogen (secondary N) is 1. The van der Waals surface area contributed by atoms with Crippen LogP contribution in [-0.4, -0.2) is 40.8 Å². The highest BCUT2D eigenvalue weighted by Crippen LogP contribution is 2.29. The summed E-state index contributed by atoms with van der Waals surface area (Å²) in [5, 5.41) is 11.6. The molecule has 1 heterocycles. The van der Waals surface area contributed by atoms with Gasteiger partial charge >= 0.3 is 11.9 Å². The van der Waals surface area contributed by atoms with E-state index in [0.29, 0.717) is 6.42 Å². The lowest BCUT2D eigenvalue weighted by molar-refractivity contribution is -0.143. The van der Waals surface area contributed by atoms with Gasteiger partial charge in [0.15, 0.2) is 0 Å². The van der Waals surface area contributed by atoms with Gasteiger partial charge in [0, 0.05) is 10.5 Å². The Morgan fingerprint density at radius 2 is 2.06 bits per heavy atom. The van der Waals surface area contributed by atoms with Crippen molar-refractivity contribution >= 4 is 54.2 Å². The van der Waals surface area contributed by atoms with Crippen LogP contribution in [0.3, 0.4) is 0 Å². The van der Waals surface area contributed by atoms with Crippen LogP contribution in [0.15, 0.2) is 0 Å². The monoisotopic (exact) mass is 331 g/mol. The van der Waals surface area contributed by atoms with Crippen LogP contribution in [0.4, 0.5) is 0 Å². The van der Waals surface area contributed by atoms with Gasteiger partial charge in [-0.05, 0) is 6.42 Å². The predicted octanol–water partition coefficient (Wildman–Crippen LogP) is 0.354. The van der Waals surface area contributed by atoms with E-state index in [2.05, 4.69) is 35.3 Å². The molecule has 16 heavy (non-hydrogen) atoms. The molecule has 0 aliphatic carbocycles. The van der Waals surface area contributed by atoms with Crippen LogP contribution in [0.2, 0.25) is 0 Å². The van der Waals surface area contributed by atoms with Gasteiger partial charge in [0.05, 0.1) is 7.11 Å². The molecule has 0 radical (unpaired) electrons. The van der Waals surface area contributed by atoms with Crippen molar-refractivity contribution in [3.05, 3.63) is 0 Å². The summed E-state index contributed by atoms with van der Waals surface area (Å²) in [6.45, 7) is 0. The van der Waals surface area contributed by atoms with Crippen molar-refractivity contribution in [2.45, 2.75) is 23.1 Å². The molecule has 3 atom stereocenters. The lowest BCUT2D eigenvalue weighted by Crippen LogP contribution is -2.42. The Labute approximate surface area is 115 Å². The molecule has 0 aromatic rings. The van der Waals surface area contributed by atoms with Crippen molar-refractivity contribution < 1.29 is 19.4 Å². The van der Waals surface area contributed by atoms with Crippen LogP contribution in [0, 0.1) is 5.92 Å². The van der Waals surface area contributed by atoms with Crippen molar-refractivity contribution in [1.82, 2.24) is 5.32 Å². The molecular formula is C8H14BrNO4S2. The molecule has 1 fully saturated rings. The van der Waals surface area contributed by atoms with Gasteiger partial charge in [0.25, 0.3) is 0 Å². The Balaban J connectivity index is 0.00000225. The molecule has 1 aliphatic heterocycles. The van der Waals surface area contributed by atoms with E-state index >= 15 is 0 Å². The highest BCUT2D eigenvalue weighted by Gasteiger charge is 2.43. The number of thiol groups is 2. The maximum absolute atomic E-state index is 11.2. The summed E-state index contributed by atoms with van der Waals surface area (Å²) in [4.78, 5) is 22.1. The topological polar surface area (TPSA) is 75.6 Å². The minimum atomic E-state index is -1.00. The third kappa shape index (κ3) is 3.54. The standard InChI is InChI=1S/C8H13NO4S2.BrH/c1-13-7(12)4-2-3(8(14)15)5(9-4)6(10)11;/h3-5,8-9,14-15H,2H2,1H3,(H,10,11);1H. The SMILES string of the molecule is Br.COC(=O)C1CC(C(S)S)C(C(=O)O)N1. The molecule has 0 amide bonds. The molecular weight excluding hydrogens is 318 g/mol. The fraction of sp³-hybridized carbons (Fsp3) is 0.750. The molecule has 0 spiro atoms. The maximum Gasteiger partial charge on any atom is 0.322 e. The van der Waals surface area contributed by atoms with Crippen LogP contribution < -0.4 is 5.32 Å². The van der Waals surface area contributed by atoms with Crippen molar-refractivity contribution in [2.24, 2.45) is 5.92 Å². The van der Waals surface area contributed by atoms with Gasteiger partial charge in [-0.2, -0.15) is 25.3 Å². The Bertz CT molecular complexity index is 277. The molecule has 3 unspecified atom stereocenters. The normalized spacial score (nSPS) is 28.6. The van der Waals surface area contributed by atoms with Gasteiger partial charge in [-0.3, -0.25) is 14.9 Å². The minimum absolute atomic E-state index is 0. The second-order valence-electron chi connectivity index (χ2n) is 3.37. The van der Waals surface area contributed by atoms with Crippen LogP contribution in [-0.2, 0) is 14.3 Å². The fourth-order valence-corrected chi connectivity index (χ4v) is 2.26. The summed E-state index contributed by atoms with van der Waals surface area (Å²) in [7, 11) is 1.27. The summed E-state index contributed by atoms with van der Waals surface area (Å²) in [5.74, 6) is -1.75. The van der Waals surface area contributed by atoms with E-state index < -0.39 is 24.0 Å². The summed E-state index contributed by atoms with van der Waals surface area (Å²) in [6, 6.07) is -1.38. The lowest BCUT2D eigenvalue weighted by Gasteiger charge is -2.16. The average Bonchev–Trinajstić information content (AvgIpc) is 2.61. The molecule has 5 nitrogen and oxygen atoms in total. The zero-order valence-corrected chi connectivity index (χ0v) is 12.0. The van der Waals surface area contributed by atoms with Crippen molar-refractivity contribution in [1.29, 1.82) is 0 Å². The number of esters is 1. The van der Waals surface area contributed by atoms with Gasteiger partial charge in [0.1, 0.15) is 12.1 Å². The van der Waals surface area contributed by atoms with Crippen molar-refractivity contribution in [2.75, 3.05) is 7.11 Å². The van der Waals surface area contributed by atoms with Crippen LogP contribution in [0.25, 0.3) is 0 Å². The molecule has 2 N–H and O–H groups in total. The zero-order chi connectivity index (χ0) is 11.6. The number of carboxylic acid groups (broad SMARTS) is 1. The number of aliphatic carboxylic acids is 1. The largest absolute Gasteiger partial charge is 0.480 e. The number of carbonyl (C=O) groups excluding carboxylic acids is 1. The second-order valence-corrected chi connectivity index (χ2v) is 4.89. The van der Waals surface area contributed by atoms with Crippen LogP contribution in [0.5, 0.6) is 0 Å². The van der Waals surface area contributed by atoms with E-state index in [-0.39, 0.29) is 27.5 Å². The molecule has 1 rings (SSSR count). The van der Waals surface area contributed by atoms with Gasteiger partial charge in [-0.1, -0.05) is 0 Å². The molecule has 94 valence electrons. The molecule has 0 aromatic carbocycles. The number of halogens is 1. The predicted molar refractivity (Wildman–Crippen MR) is 70.6 cm³/mol. The molecule has 0 bridgehead atoms. The first kappa shape index (κ1) is 16.1. The van der Waals surface area contributed by atoms with E-state index in [9.17, 15) is 9.59 Å². The van der Waals surface area contributed by atoms with Gasteiger partial charge in [-0.25, -0.2) is 0 Å². The zero-order valence-electron chi connectivity index (χ0n) is 8.49. The summed E-state index contributed by atoms with van der Waals surface area (Å²) in [5.41, 5.74) is 0. The average molecular weight is 332 g/mol. The van der Waals surface area contributed by atoms with Gasteiger partial charge in [-0.15, -0.1) is 17.0 Å². The van der Waals surface area contributed by atoms with E-state index in [1.165, 1.54) is 7.11 Å². The number of hydrogen-bond acceptors (Lipinski definition) is 6. The number of rotatable bonds is 3. The van der Waals surface area contributed by atoms with Crippen molar-refractivity contribution in [3.8, 4) is 0 Å². The van der Waals surface area contributed by atoms with Gasteiger partial charge in [0.2, 0.25) is 0 Å². The first-order valence-corrected chi connectivity index (χ1v) is 5.43. The third-order valence-corrected chi connectivity index (χ3v) is 3.22. The number of hydrogen-bond donors (Lipinski definition) is 4. The van der Waals surface area contributed by atoms with E-state index in [4.69, 9.17) is 5.11 Å². The Morgan fingerprint density at radius 1 is 1.50 bits per heavy atom. The highest BCUT2D eigenvalue weighted by molar-refractivity contribution is 8.93. The number of ether oxygens (including phenoxy) is 1. The Hall–Kier alpha value is 0.0800.